The lowest BCUT2D eigenvalue weighted by molar-refractivity contribution is 0.265. The number of hydrogen-bond donors (Lipinski definition) is 2. The van der Waals surface area contributed by atoms with Crippen LogP contribution in [0.1, 0.15) is 13.3 Å². The van der Waals surface area contributed by atoms with Crippen LogP contribution in [0.4, 0.5) is 5.95 Å². The molecule has 0 amide bonds. The SMILES string of the molecule is CC(CCO)CNc1nc(Cl)nc(Cl)n1. The molecule has 1 rings (SSSR count). The molecule has 0 saturated carbocycles. The summed E-state index contributed by atoms with van der Waals surface area (Å²) in [4.78, 5) is 11.3. The first-order valence-electron chi connectivity index (χ1n) is 4.53. The zero-order valence-corrected chi connectivity index (χ0v) is 9.76. The monoisotopic (exact) mass is 250 g/mol. The van der Waals surface area contributed by atoms with E-state index in [9.17, 15) is 0 Å². The molecule has 5 nitrogen and oxygen atoms in total. The van der Waals surface area contributed by atoms with Crippen molar-refractivity contribution >= 4 is 29.2 Å². The Morgan fingerprint density at radius 3 is 2.40 bits per heavy atom. The van der Waals surface area contributed by atoms with Gasteiger partial charge in [-0.1, -0.05) is 6.92 Å². The second-order valence-corrected chi connectivity index (χ2v) is 3.87. The smallest absolute Gasteiger partial charge is 0.228 e. The first-order chi connectivity index (χ1) is 7.11. The van der Waals surface area contributed by atoms with Crippen LogP contribution < -0.4 is 5.32 Å². The largest absolute Gasteiger partial charge is 0.396 e. The van der Waals surface area contributed by atoms with Crippen molar-refractivity contribution in [3.05, 3.63) is 10.6 Å². The van der Waals surface area contributed by atoms with E-state index in [4.69, 9.17) is 28.3 Å². The standard InChI is InChI=1S/C8H12Cl2N4O/c1-5(2-3-15)4-11-8-13-6(9)12-7(10)14-8/h5,15H,2-4H2,1H3,(H,11,12,13,14). The van der Waals surface area contributed by atoms with Gasteiger partial charge >= 0.3 is 0 Å². The minimum absolute atomic E-state index is 0.0623. The molecule has 7 heteroatoms. The van der Waals surface area contributed by atoms with Crippen molar-refractivity contribution in [2.45, 2.75) is 13.3 Å². The Kier molecular flexibility index (Phi) is 5.01. The van der Waals surface area contributed by atoms with Crippen molar-refractivity contribution in [1.29, 1.82) is 0 Å². The summed E-state index contributed by atoms with van der Waals surface area (Å²) in [6, 6.07) is 0. The van der Waals surface area contributed by atoms with E-state index in [-0.39, 0.29) is 17.2 Å². The Balaban J connectivity index is 2.50. The van der Waals surface area contributed by atoms with Gasteiger partial charge in [0, 0.05) is 13.2 Å². The zero-order valence-electron chi connectivity index (χ0n) is 8.24. The summed E-state index contributed by atoms with van der Waals surface area (Å²) in [5.74, 6) is 0.675. The maximum absolute atomic E-state index is 8.71. The van der Waals surface area contributed by atoms with Crippen molar-refractivity contribution < 1.29 is 5.11 Å². The highest BCUT2D eigenvalue weighted by Crippen LogP contribution is 2.10. The van der Waals surface area contributed by atoms with E-state index in [0.717, 1.165) is 6.42 Å². The van der Waals surface area contributed by atoms with E-state index in [1.807, 2.05) is 6.92 Å². The lowest BCUT2D eigenvalue weighted by atomic mass is 10.1. The number of rotatable bonds is 5. The van der Waals surface area contributed by atoms with Crippen LogP contribution in [0.25, 0.3) is 0 Å². The van der Waals surface area contributed by atoms with Gasteiger partial charge in [-0.3, -0.25) is 0 Å². The summed E-state index contributed by atoms with van der Waals surface area (Å²) in [7, 11) is 0. The van der Waals surface area contributed by atoms with Gasteiger partial charge in [0.05, 0.1) is 0 Å². The van der Waals surface area contributed by atoms with Crippen LogP contribution in [0.15, 0.2) is 0 Å². The average Bonchev–Trinajstić information content (AvgIpc) is 2.14. The summed E-state index contributed by atoms with van der Waals surface area (Å²) in [5.41, 5.74) is 0. The van der Waals surface area contributed by atoms with Crippen LogP contribution in [-0.2, 0) is 0 Å². The Hall–Kier alpha value is -0.650. The van der Waals surface area contributed by atoms with Crippen LogP contribution in [0.5, 0.6) is 0 Å². The highest BCUT2D eigenvalue weighted by Gasteiger charge is 2.05. The van der Waals surface area contributed by atoms with Crippen LogP contribution in [0.2, 0.25) is 10.6 Å². The number of halogens is 2. The first kappa shape index (κ1) is 12.4. The summed E-state index contributed by atoms with van der Waals surface area (Å²) in [6.07, 6.45) is 0.722. The number of aliphatic hydroxyl groups is 1. The van der Waals surface area contributed by atoms with Crippen LogP contribution in [0, 0.1) is 5.92 Å². The van der Waals surface area contributed by atoms with Gasteiger partial charge in [-0.2, -0.15) is 15.0 Å². The van der Waals surface area contributed by atoms with Gasteiger partial charge in [0.2, 0.25) is 16.5 Å². The highest BCUT2D eigenvalue weighted by molar-refractivity contribution is 6.31. The lowest BCUT2D eigenvalue weighted by Gasteiger charge is -2.10. The molecule has 1 atom stereocenters. The number of nitrogens with zero attached hydrogens (tertiary/aromatic N) is 3. The zero-order chi connectivity index (χ0) is 11.3. The molecule has 15 heavy (non-hydrogen) atoms. The molecule has 2 N–H and O–H groups in total. The molecule has 0 aliphatic carbocycles. The van der Waals surface area contributed by atoms with Gasteiger partial charge in [0.1, 0.15) is 0 Å². The molecule has 0 radical (unpaired) electrons. The average molecular weight is 251 g/mol. The van der Waals surface area contributed by atoms with Gasteiger partial charge < -0.3 is 10.4 Å². The molecule has 84 valence electrons. The van der Waals surface area contributed by atoms with Gasteiger partial charge in [-0.15, -0.1) is 0 Å². The van der Waals surface area contributed by atoms with Crippen molar-refractivity contribution in [3.8, 4) is 0 Å². The second kappa shape index (κ2) is 6.05. The van der Waals surface area contributed by atoms with Gasteiger partial charge in [0.15, 0.2) is 0 Å². The Morgan fingerprint density at radius 1 is 1.27 bits per heavy atom. The van der Waals surface area contributed by atoms with Crippen LogP contribution >= 0.6 is 23.2 Å². The summed E-state index contributed by atoms with van der Waals surface area (Å²) in [5, 5.41) is 11.8. The molecule has 0 aliphatic rings. The minimum atomic E-state index is 0.0623. The predicted octanol–water partition coefficient (Wildman–Crippen LogP) is 1.61. The number of hydrogen-bond acceptors (Lipinski definition) is 5. The van der Waals surface area contributed by atoms with E-state index in [2.05, 4.69) is 20.3 Å². The van der Waals surface area contributed by atoms with E-state index in [1.165, 1.54) is 0 Å². The number of anilines is 1. The molecule has 1 aromatic rings. The molecule has 1 unspecified atom stereocenters. The molecule has 0 bridgehead atoms. The quantitative estimate of drug-likeness (QED) is 0.831. The Labute approximate surface area is 97.9 Å². The van der Waals surface area contributed by atoms with Crippen molar-refractivity contribution in [2.75, 3.05) is 18.5 Å². The second-order valence-electron chi connectivity index (χ2n) is 3.20. The molecule has 0 spiro atoms. The summed E-state index contributed by atoms with van der Waals surface area (Å²) >= 11 is 11.2. The fraction of sp³-hybridized carbons (Fsp3) is 0.625. The van der Waals surface area contributed by atoms with Crippen LogP contribution in [-0.4, -0.2) is 33.2 Å². The molecule has 1 heterocycles. The molecule has 0 saturated heterocycles. The molecular weight excluding hydrogens is 239 g/mol. The molecular formula is C8H12Cl2N4O. The number of aliphatic hydroxyl groups excluding tert-OH is 1. The molecule has 0 fully saturated rings. The van der Waals surface area contributed by atoms with E-state index in [0.29, 0.717) is 18.4 Å². The predicted molar refractivity (Wildman–Crippen MR) is 59.2 cm³/mol. The van der Waals surface area contributed by atoms with Gasteiger partial charge in [0.25, 0.3) is 0 Å². The lowest BCUT2D eigenvalue weighted by Crippen LogP contribution is -2.14. The third-order valence-corrected chi connectivity index (χ3v) is 2.15. The van der Waals surface area contributed by atoms with Crippen molar-refractivity contribution in [3.63, 3.8) is 0 Å². The van der Waals surface area contributed by atoms with E-state index >= 15 is 0 Å². The fourth-order valence-electron chi connectivity index (χ4n) is 0.993. The highest BCUT2D eigenvalue weighted by atomic mass is 35.5. The molecule has 0 aromatic carbocycles. The maximum Gasteiger partial charge on any atom is 0.228 e. The maximum atomic E-state index is 8.71. The van der Waals surface area contributed by atoms with Gasteiger partial charge in [-0.05, 0) is 35.5 Å². The third-order valence-electron chi connectivity index (χ3n) is 1.81. The third kappa shape index (κ3) is 4.59. The number of aromatic nitrogens is 3. The number of nitrogens with one attached hydrogen (secondary N) is 1. The Bertz CT molecular complexity index is 303. The minimum Gasteiger partial charge on any atom is -0.396 e. The fourth-order valence-corrected chi connectivity index (χ4v) is 1.36. The molecule has 0 aliphatic heterocycles. The normalized spacial score (nSPS) is 12.5. The first-order valence-corrected chi connectivity index (χ1v) is 5.29. The topological polar surface area (TPSA) is 70.9 Å². The molecule has 1 aromatic heterocycles. The summed E-state index contributed by atoms with van der Waals surface area (Å²) in [6.45, 7) is 2.83. The Morgan fingerprint density at radius 2 is 1.87 bits per heavy atom. The van der Waals surface area contributed by atoms with Crippen molar-refractivity contribution in [1.82, 2.24) is 15.0 Å². The van der Waals surface area contributed by atoms with E-state index < -0.39 is 0 Å². The van der Waals surface area contributed by atoms with Gasteiger partial charge in [-0.25, -0.2) is 0 Å². The van der Waals surface area contributed by atoms with E-state index in [1.54, 1.807) is 0 Å². The van der Waals surface area contributed by atoms with Crippen molar-refractivity contribution in [2.24, 2.45) is 5.92 Å². The summed E-state index contributed by atoms with van der Waals surface area (Å²) < 4.78 is 0. The van der Waals surface area contributed by atoms with Crippen LogP contribution in [0.3, 0.4) is 0 Å².